The van der Waals surface area contributed by atoms with E-state index in [1.165, 1.54) is 0 Å². The highest BCUT2D eigenvalue weighted by molar-refractivity contribution is 7.10. The first-order valence-electron chi connectivity index (χ1n) is 5.58. The molecule has 0 radical (unpaired) electrons. The van der Waals surface area contributed by atoms with Gasteiger partial charge < -0.3 is 5.32 Å². The van der Waals surface area contributed by atoms with Gasteiger partial charge in [-0.05, 0) is 29.5 Å². The molecule has 0 bridgehead atoms. The van der Waals surface area contributed by atoms with Gasteiger partial charge in [0, 0.05) is 4.88 Å². The summed E-state index contributed by atoms with van der Waals surface area (Å²) in [5.41, 5.74) is -0.181. The molecule has 1 N–H and O–H groups in total. The van der Waals surface area contributed by atoms with Crippen molar-refractivity contribution >= 4 is 34.4 Å². The highest BCUT2D eigenvalue weighted by Gasteiger charge is 2.20. The Morgan fingerprint density at radius 3 is 3.00 bits per heavy atom. The summed E-state index contributed by atoms with van der Waals surface area (Å²) in [5.74, 6) is 0.144. The Kier molecular flexibility index (Phi) is 4.28. The van der Waals surface area contributed by atoms with Gasteiger partial charge in [-0.25, -0.2) is 4.98 Å². The zero-order valence-corrected chi connectivity index (χ0v) is 11.6. The van der Waals surface area contributed by atoms with Crippen molar-refractivity contribution in [2.24, 2.45) is 0 Å². The summed E-state index contributed by atoms with van der Waals surface area (Å²) in [6, 6.07) is 3.87. The number of thiophene rings is 1. The molecule has 0 aromatic carbocycles. The van der Waals surface area contributed by atoms with Crippen molar-refractivity contribution in [1.82, 2.24) is 9.97 Å². The molecule has 1 unspecified atom stereocenters. The van der Waals surface area contributed by atoms with Gasteiger partial charge in [0.25, 0.3) is 0 Å². The summed E-state index contributed by atoms with van der Waals surface area (Å²) in [5, 5.41) is 15.9. The first-order valence-corrected chi connectivity index (χ1v) is 6.84. The van der Waals surface area contributed by atoms with Gasteiger partial charge in [-0.1, -0.05) is 13.0 Å². The molecule has 2 aromatic heterocycles. The van der Waals surface area contributed by atoms with Crippen LogP contribution in [0.2, 0.25) is 5.28 Å². The number of nitrogens with zero attached hydrogens (tertiary/aromatic N) is 3. The lowest BCUT2D eigenvalue weighted by molar-refractivity contribution is -0.384. The Labute approximate surface area is 118 Å². The van der Waals surface area contributed by atoms with E-state index in [9.17, 15) is 10.1 Å². The van der Waals surface area contributed by atoms with Crippen molar-refractivity contribution in [3.63, 3.8) is 0 Å². The largest absolute Gasteiger partial charge is 0.357 e. The van der Waals surface area contributed by atoms with E-state index in [-0.39, 0.29) is 22.8 Å². The van der Waals surface area contributed by atoms with Gasteiger partial charge in [0.05, 0.1) is 11.0 Å². The van der Waals surface area contributed by atoms with E-state index < -0.39 is 4.92 Å². The molecule has 1 atom stereocenters. The summed E-state index contributed by atoms with van der Waals surface area (Å²) >= 11 is 7.28. The minimum atomic E-state index is -0.528. The summed E-state index contributed by atoms with van der Waals surface area (Å²) in [7, 11) is 0. The molecule has 0 spiro atoms. The maximum atomic E-state index is 10.9. The van der Waals surface area contributed by atoms with E-state index in [4.69, 9.17) is 11.6 Å². The van der Waals surface area contributed by atoms with Crippen molar-refractivity contribution in [2.75, 3.05) is 5.32 Å². The molecule has 0 amide bonds. The highest BCUT2D eigenvalue weighted by Crippen LogP contribution is 2.30. The second kappa shape index (κ2) is 5.94. The van der Waals surface area contributed by atoms with Crippen LogP contribution in [0.15, 0.2) is 23.7 Å². The van der Waals surface area contributed by atoms with Crippen LogP contribution in [0.1, 0.15) is 24.3 Å². The fourth-order valence-electron chi connectivity index (χ4n) is 1.62. The van der Waals surface area contributed by atoms with Gasteiger partial charge in [-0.3, -0.25) is 10.1 Å². The Bertz CT molecular complexity index is 576. The maximum absolute atomic E-state index is 10.9. The second-order valence-corrected chi connectivity index (χ2v) is 5.07. The summed E-state index contributed by atoms with van der Waals surface area (Å²) in [6.45, 7) is 1.99. The number of anilines is 1. The minimum absolute atomic E-state index is 0.0193. The molecule has 100 valence electrons. The molecule has 2 rings (SSSR count). The molecular weight excluding hydrogens is 288 g/mol. The number of nitro groups is 1. The first kappa shape index (κ1) is 13.7. The highest BCUT2D eigenvalue weighted by atomic mass is 35.5. The Morgan fingerprint density at radius 1 is 1.63 bits per heavy atom. The van der Waals surface area contributed by atoms with Crippen LogP contribution in [0.5, 0.6) is 0 Å². The zero-order chi connectivity index (χ0) is 13.8. The summed E-state index contributed by atoms with van der Waals surface area (Å²) in [4.78, 5) is 19.0. The SMILES string of the molecule is CCC(Nc1nc(Cl)ncc1[N+](=O)[O-])c1cccs1. The molecular formula is C11H11ClN4O2S. The maximum Gasteiger partial charge on any atom is 0.329 e. The molecule has 2 heterocycles. The lowest BCUT2D eigenvalue weighted by Crippen LogP contribution is -2.11. The van der Waals surface area contributed by atoms with E-state index in [2.05, 4.69) is 15.3 Å². The average Bonchev–Trinajstić information content (AvgIpc) is 2.89. The van der Waals surface area contributed by atoms with E-state index in [0.29, 0.717) is 0 Å². The van der Waals surface area contributed by atoms with Crippen molar-refractivity contribution < 1.29 is 4.92 Å². The fourth-order valence-corrected chi connectivity index (χ4v) is 2.62. The number of halogens is 1. The number of aromatic nitrogens is 2. The lowest BCUT2D eigenvalue weighted by atomic mass is 10.2. The second-order valence-electron chi connectivity index (χ2n) is 3.75. The third-order valence-corrected chi connectivity index (χ3v) is 3.71. The molecule has 2 aromatic rings. The predicted molar refractivity (Wildman–Crippen MR) is 74.7 cm³/mol. The van der Waals surface area contributed by atoms with Gasteiger partial charge >= 0.3 is 5.69 Å². The average molecular weight is 299 g/mol. The molecule has 8 heteroatoms. The monoisotopic (exact) mass is 298 g/mol. The zero-order valence-electron chi connectivity index (χ0n) is 10.0. The lowest BCUT2D eigenvalue weighted by Gasteiger charge is -2.15. The summed E-state index contributed by atoms with van der Waals surface area (Å²) < 4.78 is 0. The van der Waals surface area contributed by atoms with Gasteiger partial charge in [0.2, 0.25) is 11.1 Å². The van der Waals surface area contributed by atoms with Crippen molar-refractivity contribution in [3.05, 3.63) is 44.0 Å². The normalized spacial score (nSPS) is 12.1. The molecule has 0 saturated carbocycles. The molecule has 6 nitrogen and oxygen atoms in total. The first-order chi connectivity index (χ1) is 9.11. The molecule has 0 aliphatic heterocycles. The third-order valence-electron chi connectivity index (χ3n) is 2.54. The molecule has 0 aliphatic carbocycles. The van der Waals surface area contributed by atoms with Crippen LogP contribution in [0.4, 0.5) is 11.5 Å². The van der Waals surface area contributed by atoms with Crippen LogP contribution in [0.3, 0.4) is 0 Å². The number of nitrogens with one attached hydrogen (secondary N) is 1. The smallest absolute Gasteiger partial charge is 0.329 e. The van der Waals surface area contributed by atoms with E-state index >= 15 is 0 Å². The fraction of sp³-hybridized carbons (Fsp3) is 0.273. The van der Waals surface area contributed by atoms with Gasteiger partial charge in [-0.15, -0.1) is 11.3 Å². The summed E-state index contributed by atoms with van der Waals surface area (Å²) in [6.07, 6.45) is 1.89. The number of hydrogen-bond donors (Lipinski definition) is 1. The standard InChI is InChI=1S/C11H11ClN4O2S/c1-2-7(9-4-3-5-19-9)14-10-8(16(17)18)6-13-11(12)15-10/h3-7H,2H2,1H3,(H,13,14,15). The van der Waals surface area contributed by atoms with Crippen LogP contribution < -0.4 is 5.32 Å². The quantitative estimate of drug-likeness (QED) is 0.517. The minimum Gasteiger partial charge on any atom is -0.357 e. The molecule has 0 fully saturated rings. The van der Waals surface area contributed by atoms with Crippen molar-refractivity contribution in [3.8, 4) is 0 Å². The Morgan fingerprint density at radius 2 is 2.42 bits per heavy atom. The van der Waals surface area contributed by atoms with Gasteiger partial charge in [0.1, 0.15) is 6.20 Å². The topological polar surface area (TPSA) is 81.0 Å². The van der Waals surface area contributed by atoms with E-state index in [0.717, 1.165) is 17.5 Å². The molecule has 19 heavy (non-hydrogen) atoms. The van der Waals surface area contributed by atoms with E-state index in [1.807, 2.05) is 24.4 Å². The van der Waals surface area contributed by atoms with Crippen LogP contribution in [0, 0.1) is 10.1 Å². The Balaban J connectivity index is 2.31. The van der Waals surface area contributed by atoms with Gasteiger partial charge in [0.15, 0.2) is 0 Å². The van der Waals surface area contributed by atoms with Crippen LogP contribution in [-0.2, 0) is 0 Å². The number of rotatable bonds is 5. The van der Waals surface area contributed by atoms with Crippen LogP contribution in [-0.4, -0.2) is 14.9 Å². The van der Waals surface area contributed by atoms with Crippen molar-refractivity contribution in [2.45, 2.75) is 19.4 Å². The van der Waals surface area contributed by atoms with E-state index in [1.54, 1.807) is 11.3 Å². The van der Waals surface area contributed by atoms with Gasteiger partial charge in [-0.2, -0.15) is 4.98 Å². The molecule has 0 saturated heterocycles. The number of hydrogen-bond acceptors (Lipinski definition) is 6. The Hall–Kier alpha value is -1.73. The third kappa shape index (κ3) is 3.18. The van der Waals surface area contributed by atoms with Crippen LogP contribution >= 0.6 is 22.9 Å². The van der Waals surface area contributed by atoms with Crippen LogP contribution in [0.25, 0.3) is 0 Å². The van der Waals surface area contributed by atoms with Crippen molar-refractivity contribution in [1.29, 1.82) is 0 Å². The predicted octanol–water partition coefficient (Wildman–Crippen LogP) is 3.66. The molecule has 0 aliphatic rings.